The fourth-order valence-electron chi connectivity index (χ4n) is 2.63. The molecule has 0 spiro atoms. The number of anilines is 1. The summed E-state index contributed by atoms with van der Waals surface area (Å²) in [5.41, 5.74) is 3.48. The summed E-state index contributed by atoms with van der Waals surface area (Å²) in [7, 11) is 0. The molecule has 0 radical (unpaired) electrons. The largest absolute Gasteiger partial charge is 0.388 e. The zero-order valence-corrected chi connectivity index (χ0v) is 12.2. The number of aliphatic hydroxyl groups excluding tert-OH is 1. The maximum absolute atomic E-state index is 10.1. The molecule has 0 aromatic heterocycles. The van der Waals surface area contributed by atoms with Crippen LogP contribution in [-0.2, 0) is 6.54 Å². The Labute approximate surface area is 121 Å². The number of rotatable bonds is 2. The average Bonchev–Trinajstić information content (AvgIpc) is 2.42. The van der Waals surface area contributed by atoms with E-state index in [2.05, 4.69) is 45.1 Å². The van der Waals surface area contributed by atoms with Gasteiger partial charge >= 0.3 is 0 Å². The summed E-state index contributed by atoms with van der Waals surface area (Å²) in [5.74, 6) is 0. The van der Waals surface area contributed by atoms with Crippen molar-refractivity contribution in [1.82, 2.24) is 0 Å². The number of hydrogen-bond acceptors (Lipinski definition) is 2. The van der Waals surface area contributed by atoms with Crippen LogP contribution in [0.3, 0.4) is 0 Å². The molecule has 1 atom stereocenters. The third-order valence-electron chi connectivity index (χ3n) is 3.57. The maximum Gasteiger partial charge on any atom is 0.0826 e. The zero-order chi connectivity index (χ0) is 13.2. The number of nitrogens with zero attached hydrogens (tertiary/aromatic N) is 1. The third kappa shape index (κ3) is 2.67. The van der Waals surface area contributed by atoms with Crippen LogP contribution in [0.25, 0.3) is 0 Å². The average molecular weight is 318 g/mol. The van der Waals surface area contributed by atoms with Crippen molar-refractivity contribution in [2.75, 3.05) is 11.4 Å². The van der Waals surface area contributed by atoms with Gasteiger partial charge in [-0.3, -0.25) is 0 Å². The van der Waals surface area contributed by atoms with Crippen molar-refractivity contribution in [1.29, 1.82) is 0 Å². The van der Waals surface area contributed by atoms with Gasteiger partial charge in [0.05, 0.1) is 6.10 Å². The molecule has 0 saturated carbocycles. The molecule has 19 heavy (non-hydrogen) atoms. The summed E-state index contributed by atoms with van der Waals surface area (Å²) < 4.78 is 1.11. The van der Waals surface area contributed by atoms with Crippen molar-refractivity contribution in [3.8, 4) is 0 Å². The first-order valence-electron chi connectivity index (χ1n) is 6.50. The molecule has 1 aliphatic rings. The van der Waals surface area contributed by atoms with Crippen LogP contribution in [0.15, 0.2) is 53.0 Å². The van der Waals surface area contributed by atoms with Gasteiger partial charge in [-0.2, -0.15) is 0 Å². The molecule has 3 rings (SSSR count). The Balaban J connectivity index is 1.89. The van der Waals surface area contributed by atoms with E-state index in [0.717, 1.165) is 35.2 Å². The van der Waals surface area contributed by atoms with Crippen molar-refractivity contribution in [3.63, 3.8) is 0 Å². The first-order chi connectivity index (χ1) is 9.24. The van der Waals surface area contributed by atoms with E-state index in [-0.39, 0.29) is 6.10 Å². The summed E-state index contributed by atoms with van der Waals surface area (Å²) in [6.07, 6.45) is 0.473. The van der Waals surface area contributed by atoms with E-state index in [9.17, 15) is 5.11 Å². The molecular weight excluding hydrogens is 302 g/mol. The second kappa shape index (κ2) is 5.35. The number of halogens is 1. The van der Waals surface area contributed by atoms with Gasteiger partial charge in [-0.15, -0.1) is 0 Å². The highest BCUT2D eigenvalue weighted by Gasteiger charge is 2.22. The first kappa shape index (κ1) is 12.7. The highest BCUT2D eigenvalue weighted by atomic mass is 79.9. The highest BCUT2D eigenvalue weighted by molar-refractivity contribution is 9.10. The predicted molar refractivity (Wildman–Crippen MR) is 81.2 cm³/mol. The lowest BCUT2D eigenvalue weighted by Crippen LogP contribution is -2.30. The van der Waals surface area contributed by atoms with Crippen LogP contribution in [0, 0.1) is 0 Å². The zero-order valence-electron chi connectivity index (χ0n) is 10.6. The van der Waals surface area contributed by atoms with Crippen LogP contribution in [0.2, 0.25) is 0 Å². The van der Waals surface area contributed by atoms with Crippen molar-refractivity contribution < 1.29 is 5.11 Å². The van der Waals surface area contributed by atoms with Gasteiger partial charge in [0.15, 0.2) is 0 Å². The van der Waals surface area contributed by atoms with Crippen LogP contribution in [0.5, 0.6) is 0 Å². The summed E-state index contributed by atoms with van der Waals surface area (Å²) >= 11 is 3.51. The quantitative estimate of drug-likeness (QED) is 0.908. The standard InChI is InChI=1S/C16H16BrNO/c17-13-5-3-4-12(10-13)11-18-9-8-16(19)14-6-1-2-7-15(14)18/h1-7,10,16,19H,8-9,11H2. The van der Waals surface area contributed by atoms with Gasteiger partial charge < -0.3 is 10.0 Å². The normalized spacial score (nSPS) is 18.2. The molecule has 1 N–H and O–H groups in total. The lowest BCUT2D eigenvalue weighted by atomic mass is 9.98. The molecule has 3 heteroatoms. The summed E-state index contributed by atoms with van der Waals surface area (Å²) in [4.78, 5) is 2.34. The van der Waals surface area contributed by atoms with Gasteiger partial charge in [0.1, 0.15) is 0 Å². The highest BCUT2D eigenvalue weighted by Crippen LogP contribution is 2.34. The minimum atomic E-state index is -0.324. The Morgan fingerprint density at radius 3 is 2.84 bits per heavy atom. The number of benzene rings is 2. The van der Waals surface area contributed by atoms with Crippen molar-refractivity contribution in [2.45, 2.75) is 19.1 Å². The van der Waals surface area contributed by atoms with Gasteiger partial charge in [-0.25, -0.2) is 0 Å². The minimum absolute atomic E-state index is 0.324. The molecule has 2 nitrogen and oxygen atoms in total. The van der Waals surface area contributed by atoms with E-state index in [1.54, 1.807) is 0 Å². The Morgan fingerprint density at radius 2 is 2.00 bits per heavy atom. The fourth-order valence-corrected chi connectivity index (χ4v) is 3.08. The number of aliphatic hydroxyl groups is 1. The first-order valence-corrected chi connectivity index (χ1v) is 7.30. The third-order valence-corrected chi connectivity index (χ3v) is 4.06. The Bertz CT molecular complexity index is 584. The summed E-state index contributed by atoms with van der Waals surface area (Å²) in [6.45, 7) is 1.77. The van der Waals surface area contributed by atoms with Gasteiger partial charge in [-0.1, -0.05) is 46.3 Å². The van der Waals surface area contributed by atoms with Gasteiger partial charge in [0.25, 0.3) is 0 Å². The van der Waals surface area contributed by atoms with Gasteiger partial charge in [-0.05, 0) is 30.2 Å². The minimum Gasteiger partial charge on any atom is -0.388 e. The van der Waals surface area contributed by atoms with Crippen molar-refractivity contribution in [3.05, 3.63) is 64.1 Å². The molecule has 2 aromatic rings. The smallest absolute Gasteiger partial charge is 0.0826 e. The number of hydrogen-bond donors (Lipinski definition) is 1. The summed E-state index contributed by atoms with van der Waals surface area (Å²) in [6, 6.07) is 16.5. The van der Waals surface area contributed by atoms with Crippen LogP contribution >= 0.6 is 15.9 Å². The van der Waals surface area contributed by atoms with E-state index in [4.69, 9.17) is 0 Å². The second-order valence-corrected chi connectivity index (χ2v) is 5.83. The second-order valence-electron chi connectivity index (χ2n) is 4.91. The molecule has 1 heterocycles. The van der Waals surface area contributed by atoms with E-state index in [0.29, 0.717) is 0 Å². The van der Waals surface area contributed by atoms with E-state index >= 15 is 0 Å². The molecular formula is C16H16BrNO. The molecule has 2 aromatic carbocycles. The van der Waals surface area contributed by atoms with E-state index in [1.165, 1.54) is 5.56 Å². The Hall–Kier alpha value is -1.32. The van der Waals surface area contributed by atoms with Crippen LogP contribution in [0.4, 0.5) is 5.69 Å². The molecule has 1 aliphatic heterocycles. The monoisotopic (exact) mass is 317 g/mol. The number of fused-ring (bicyclic) bond motifs is 1. The van der Waals surface area contributed by atoms with E-state index < -0.39 is 0 Å². The van der Waals surface area contributed by atoms with Gasteiger partial charge in [0.2, 0.25) is 0 Å². The van der Waals surface area contributed by atoms with Crippen LogP contribution in [-0.4, -0.2) is 11.7 Å². The molecule has 0 saturated heterocycles. The van der Waals surface area contributed by atoms with Crippen LogP contribution in [0.1, 0.15) is 23.7 Å². The predicted octanol–water partition coefficient (Wildman–Crippen LogP) is 3.89. The molecule has 98 valence electrons. The number of para-hydroxylation sites is 1. The SMILES string of the molecule is OC1CCN(Cc2cccc(Br)c2)c2ccccc21. The molecule has 0 aliphatic carbocycles. The molecule has 0 bridgehead atoms. The summed E-state index contributed by atoms with van der Waals surface area (Å²) in [5, 5.41) is 10.1. The van der Waals surface area contributed by atoms with E-state index in [1.807, 2.05) is 24.3 Å². The Morgan fingerprint density at radius 1 is 1.16 bits per heavy atom. The lowest BCUT2D eigenvalue weighted by Gasteiger charge is -2.34. The fraction of sp³-hybridized carbons (Fsp3) is 0.250. The molecule has 1 unspecified atom stereocenters. The van der Waals surface area contributed by atoms with Crippen molar-refractivity contribution in [2.24, 2.45) is 0 Å². The lowest BCUT2D eigenvalue weighted by molar-refractivity contribution is 0.164. The van der Waals surface area contributed by atoms with Crippen molar-refractivity contribution >= 4 is 21.6 Å². The maximum atomic E-state index is 10.1. The molecule has 0 fully saturated rings. The van der Waals surface area contributed by atoms with Crippen LogP contribution < -0.4 is 4.90 Å². The molecule has 0 amide bonds. The topological polar surface area (TPSA) is 23.5 Å². The Kier molecular flexibility index (Phi) is 3.58. The van der Waals surface area contributed by atoms with Gasteiger partial charge in [0, 0.05) is 28.8 Å².